The Hall–Kier alpha value is -4.38. The van der Waals surface area contributed by atoms with E-state index in [0.717, 1.165) is 17.4 Å². The number of nitrogens with one attached hydrogen (secondary N) is 1. The van der Waals surface area contributed by atoms with E-state index in [2.05, 4.69) is 20.3 Å². The number of hydrogen-bond donors (Lipinski definition) is 4. The van der Waals surface area contributed by atoms with Gasteiger partial charge in [-0.15, -0.1) is 0 Å². The van der Waals surface area contributed by atoms with Gasteiger partial charge in [-0.3, -0.25) is 19.1 Å². The standard InChI is InChI=1S/C27H28F2N8O5S/c28-17-11-18(29)20(10-16(17)25(40)31-13-15(39)14-38)35-6-3-34(4-7-35)5-8-36-24-23(43-27(36)41)21-12-19(22-2-1-9-42-22)33-37(21)26(30)32-24/h1-2,9-12,15,38-39H,3-8,13-14H2,(H2,30,32)(H,31,40)/t15-/m1/s1. The molecule has 1 aliphatic heterocycles. The van der Waals surface area contributed by atoms with Crippen LogP contribution in [0.3, 0.4) is 0 Å². The zero-order valence-electron chi connectivity index (χ0n) is 22.7. The van der Waals surface area contributed by atoms with E-state index in [1.807, 2.05) is 0 Å². The molecule has 0 aliphatic carbocycles. The monoisotopic (exact) mass is 614 g/mol. The third-order valence-corrected chi connectivity index (χ3v) is 8.36. The molecule has 0 bridgehead atoms. The number of aromatic nitrogens is 4. The molecule has 1 amide bonds. The molecule has 1 saturated heterocycles. The summed E-state index contributed by atoms with van der Waals surface area (Å²) in [6.07, 6.45) is 0.357. The van der Waals surface area contributed by atoms with Crippen molar-refractivity contribution < 1.29 is 28.2 Å². The number of halogens is 2. The lowest BCUT2D eigenvalue weighted by atomic mass is 10.1. The topological polar surface area (TPSA) is 167 Å². The molecule has 4 aromatic heterocycles. The minimum atomic E-state index is -1.19. The van der Waals surface area contributed by atoms with Crippen LogP contribution in [0.15, 0.2) is 45.8 Å². The van der Waals surface area contributed by atoms with E-state index >= 15 is 0 Å². The van der Waals surface area contributed by atoms with Crippen molar-refractivity contribution in [1.29, 1.82) is 0 Å². The van der Waals surface area contributed by atoms with E-state index < -0.39 is 30.3 Å². The number of nitrogen functional groups attached to an aromatic ring is 1. The zero-order valence-corrected chi connectivity index (χ0v) is 23.6. The number of nitrogens with two attached hydrogens (primary N) is 1. The predicted octanol–water partition coefficient (Wildman–Crippen LogP) is 1.13. The van der Waals surface area contributed by atoms with Crippen LogP contribution < -0.4 is 20.8 Å². The summed E-state index contributed by atoms with van der Waals surface area (Å²) in [5, 5.41) is 25.2. The third kappa shape index (κ3) is 5.56. The van der Waals surface area contributed by atoms with Crippen LogP contribution >= 0.6 is 11.3 Å². The molecule has 226 valence electrons. The maximum atomic E-state index is 14.7. The van der Waals surface area contributed by atoms with E-state index in [0.29, 0.717) is 72.7 Å². The van der Waals surface area contributed by atoms with Crippen molar-refractivity contribution in [3.05, 3.63) is 63.5 Å². The second kappa shape index (κ2) is 11.7. The van der Waals surface area contributed by atoms with Gasteiger partial charge in [-0.2, -0.15) is 14.6 Å². The van der Waals surface area contributed by atoms with Crippen LogP contribution in [0.5, 0.6) is 0 Å². The highest BCUT2D eigenvalue weighted by molar-refractivity contribution is 7.17. The first kappa shape index (κ1) is 28.7. The van der Waals surface area contributed by atoms with Gasteiger partial charge in [-0.25, -0.2) is 8.78 Å². The molecule has 13 nitrogen and oxygen atoms in total. The summed E-state index contributed by atoms with van der Waals surface area (Å²) < 4.78 is 38.3. The van der Waals surface area contributed by atoms with E-state index in [1.54, 1.807) is 33.9 Å². The highest BCUT2D eigenvalue weighted by atomic mass is 32.1. The van der Waals surface area contributed by atoms with Crippen LogP contribution in [0.4, 0.5) is 20.4 Å². The van der Waals surface area contributed by atoms with Gasteiger partial charge >= 0.3 is 4.87 Å². The number of piperazine rings is 1. The summed E-state index contributed by atoms with van der Waals surface area (Å²) in [4.78, 5) is 33.5. The van der Waals surface area contributed by atoms with Crippen molar-refractivity contribution in [1.82, 2.24) is 29.4 Å². The molecule has 16 heteroatoms. The number of rotatable bonds is 9. The fourth-order valence-electron chi connectivity index (χ4n) is 5.07. The second-order valence-corrected chi connectivity index (χ2v) is 11.1. The molecule has 0 unspecified atom stereocenters. The molecule has 0 saturated carbocycles. The Morgan fingerprint density at radius 1 is 1.16 bits per heavy atom. The molecule has 1 aromatic carbocycles. The first-order chi connectivity index (χ1) is 20.7. The fourth-order valence-corrected chi connectivity index (χ4v) is 6.03. The number of carbonyl (C=O) groups is 1. The van der Waals surface area contributed by atoms with Gasteiger partial charge < -0.3 is 30.6 Å². The second-order valence-electron chi connectivity index (χ2n) is 10.1. The number of amides is 1. The lowest BCUT2D eigenvalue weighted by molar-refractivity contribution is 0.0799. The van der Waals surface area contributed by atoms with Gasteiger partial charge in [0.05, 0.1) is 35.7 Å². The van der Waals surface area contributed by atoms with Gasteiger partial charge in [-0.05, 0) is 24.3 Å². The molecule has 5 N–H and O–H groups in total. The Morgan fingerprint density at radius 2 is 1.95 bits per heavy atom. The van der Waals surface area contributed by atoms with Crippen molar-refractivity contribution in [3.63, 3.8) is 0 Å². The Morgan fingerprint density at radius 3 is 2.67 bits per heavy atom. The zero-order chi connectivity index (χ0) is 30.2. The molecule has 0 spiro atoms. The summed E-state index contributed by atoms with van der Waals surface area (Å²) >= 11 is 1.06. The van der Waals surface area contributed by atoms with Crippen LogP contribution in [0, 0.1) is 11.6 Å². The summed E-state index contributed by atoms with van der Waals surface area (Å²) in [5.74, 6) is -1.93. The summed E-state index contributed by atoms with van der Waals surface area (Å²) in [7, 11) is 0. The van der Waals surface area contributed by atoms with E-state index in [4.69, 9.17) is 15.3 Å². The first-order valence-corrected chi connectivity index (χ1v) is 14.3. The normalized spacial score (nSPS) is 15.0. The van der Waals surface area contributed by atoms with Crippen molar-refractivity contribution >= 4 is 44.7 Å². The summed E-state index contributed by atoms with van der Waals surface area (Å²) in [6, 6.07) is 7.17. The van der Waals surface area contributed by atoms with E-state index in [1.165, 1.54) is 4.52 Å². The number of aliphatic hydroxyl groups is 2. The lowest BCUT2D eigenvalue weighted by Crippen LogP contribution is -2.47. The first-order valence-electron chi connectivity index (χ1n) is 13.5. The van der Waals surface area contributed by atoms with Crippen LogP contribution in [-0.2, 0) is 6.54 Å². The van der Waals surface area contributed by atoms with Gasteiger partial charge in [0, 0.05) is 51.9 Å². The predicted molar refractivity (Wildman–Crippen MR) is 155 cm³/mol. The van der Waals surface area contributed by atoms with Crippen molar-refractivity contribution in [2.24, 2.45) is 0 Å². The SMILES string of the molecule is Nc1nc2c(sc(=O)n2CCN2CCN(c3cc(C(=O)NC[C@@H](O)CO)c(F)cc3F)CC2)c2cc(-c3ccco3)nn12. The minimum absolute atomic E-state index is 0.0902. The average Bonchev–Trinajstić information content (AvgIpc) is 3.75. The Kier molecular flexibility index (Phi) is 7.83. The molecule has 1 aliphatic rings. The molecule has 43 heavy (non-hydrogen) atoms. The van der Waals surface area contributed by atoms with Gasteiger partial charge in [0.15, 0.2) is 11.4 Å². The van der Waals surface area contributed by atoms with Gasteiger partial charge in [-0.1, -0.05) is 11.3 Å². The van der Waals surface area contributed by atoms with Crippen molar-refractivity contribution in [2.75, 3.05) is 56.5 Å². The fraction of sp³-hybridized carbons (Fsp3) is 0.333. The number of furan rings is 1. The number of aliphatic hydroxyl groups excluding tert-OH is 2. The molecule has 6 rings (SSSR count). The Labute approximate surface area is 246 Å². The Bertz CT molecular complexity index is 1850. The number of carbonyl (C=O) groups excluding carboxylic acids is 1. The lowest BCUT2D eigenvalue weighted by Gasteiger charge is -2.36. The molecule has 1 fully saturated rings. The van der Waals surface area contributed by atoms with Crippen LogP contribution in [0.1, 0.15) is 10.4 Å². The number of benzene rings is 1. The molecule has 5 heterocycles. The number of thiazole rings is 1. The van der Waals surface area contributed by atoms with Crippen molar-refractivity contribution in [3.8, 4) is 11.5 Å². The van der Waals surface area contributed by atoms with E-state index in [-0.39, 0.29) is 28.6 Å². The third-order valence-electron chi connectivity index (χ3n) is 7.36. The highest BCUT2D eigenvalue weighted by Gasteiger charge is 2.24. The van der Waals surface area contributed by atoms with Gasteiger partial charge in [0.1, 0.15) is 22.0 Å². The number of anilines is 2. The summed E-state index contributed by atoms with van der Waals surface area (Å²) in [6.45, 7) is 1.92. The molecule has 1 atom stereocenters. The molecule has 0 radical (unpaired) electrons. The largest absolute Gasteiger partial charge is 0.463 e. The molecular formula is C27H28F2N8O5S. The molecular weight excluding hydrogens is 586 g/mol. The average molecular weight is 615 g/mol. The van der Waals surface area contributed by atoms with Gasteiger partial charge in [0.2, 0.25) is 5.95 Å². The smallest absolute Gasteiger partial charge is 0.309 e. The summed E-state index contributed by atoms with van der Waals surface area (Å²) in [5.41, 5.74) is 7.62. The maximum Gasteiger partial charge on any atom is 0.309 e. The number of nitrogens with zero attached hydrogens (tertiary/aromatic N) is 6. The minimum Gasteiger partial charge on any atom is -0.463 e. The number of fused-ring (bicyclic) bond motifs is 3. The quantitative estimate of drug-likeness (QED) is 0.189. The van der Waals surface area contributed by atoms with E-state index in [9.17, 15) is 23.5 Å². The maximum absolute atomic E-state index is 14.7. The van der Waals surface area contributed by atoms with Crippen LogP contribution in [0.25, 0.3) is 27.3 Å². The molecule has 5 aromatic rings. The Balaban J connectivity index is 1.14. The van der Waals surface area contributed by atoms with Crippen LogP contribution in [-0.4, -0.2) is 92.2 Å². The van der Waals surface area contributed by atoms with Gasteiger partial charge in [0.25, 0.3) is 5.91 Å². The van der Waals surface area contributed by atoms with Crippen LogP contribution in [0.2, 0.25) is 0 Å². The van der Waals surface area contributed by atoms with Crippen molar-refractivity contribution in [2.45, 2.75) is 12.6 Å². The number of hydrogen-bond acceptors (Lipinski definition) is 11. The highest BCUT2D eigenvalue weighted by Crippen LogP contribution is 2.29.